The second kappa shape index (κ2) is 30.3. The molecule has 1 rings (SSSR count). The summed E-state index contributed by atoms with van der Waals surface area (Å²) < 4.78 is 18.1. The lowest BCUT2D eigenvalue weighted by atomic mass is 10.1. The number of nitrogens with one attached hydrogen (secondary N) is 5. The largest absolute Gasteiger partial charge is 0.460 e. The molecule has 0 aliphatic rings. The number of carbonyl (C=O) groups excluding carboxylic acids is 7. The number of aromatic nitrogens is 3. The fourth-order valence-corrected chi connectivity index (χ4v) is 6.10. The highest BCUT2D eigenvalue weighted by molar-refractivity contribution is 5.87. The van der Waals surface area contributed by atoms with Crippen LogP contribution in [0.4, 0.5) is 4.79 Å². The van der Waals surface area contributed by atoms with Gasteiger partial charge in [-0.25, -0.2) is 14.4 Å². The van der Waals surface area contributed by atoms with Crippen molar-refractivity contribution in [3.63, 3.8) is 0 Å². The molecule has 2 atom stereocenters. The maximum atomic E-state index is 13.2. The van der Waals surface area contributed by atoms with E-state index in [0.717, 1.165) is 51.4 Å². The molecule has 0 saturated carbocycles. The number of nitrogens with zero attached hydrogens (tertiary/aromatic N) is 3. The Kier molecular flexibility index (Phi) is 27.1. The fourth-order valence-electron chi connectivity index (χ4n) is 6.10. The van der Waals surface area contributed by atoms with Crippen molar-refractivity contribution in [1.82, 2.24) is 41.6 Å². The molecule has 0 fully saturated rings. The lowest BCUT2D eigenvalue weighted by molar-refractivity contribution is -0.159. The fraction of sp³-hybridized carbons (Fsp3) is 0.800. The molecular weight excluding hydrogens is 827 g/mol. The lowest BCUT2D eigenvalue weighted by Crippen LogP contribution is -2.53. The number of aryl methyl sites for hydroxylation is 1. The number of carbonyl (C=O) groups is 7. The quantitative estimate of drug-likeness (QED) is 0.0333. The summed E-state index contributed by atoms with van der Waals surface area (Å²) in [6.07, 6.45) is 11.6. The summed E-state index contributed by atoms with van der Waals surface area (Å²) in [6.45, 7) is 17.9. The molecule has 0 unspecified atom stereocenters. The molecule has 7 N–H and O–H groups in total. The minimum absolute atomic E-state index is 0.0124. The van der Waals surface area contributed by atoms with Crippen molar-refractivity contribution in [2.45, 2.75) is 213 Å². The van der Waals surface area contributed by atoms with Gasteiger partial charge in [-0.05, 0) is 133 Å². The number of unbranched alkanes of at least 4 members (excludes halogenated alkanes) is 7. The third kappa shape index (κ3) is 31.1. The molecule has 366 valence electrons. The maximum Gasteiger partial charge on any atom is 0.329 e. The van der Waals surface area contributed by atoms with Crippen LogP contribution in [0.3, 0.4) is 0 Å². The first kappa shape index (κ1) is 57.2. The Morgan fingerprint density at radius 1 is 0.578 bits per heavy atom. The van der Waals surface area contributed by atoms with E-state index in [4.69, 9.17) is 19.9 Å². The van der Waals surface area contributed by atoms with Crippen LogP contribution in [0.1, 0.15) is 177 Å². The molecule has 0 bridgehead atoms. The first-order valence-corrected chi connectivity index (χ1v) is 23.1. The average Bonchev–Trinajstić information content (AvgIpc) is 3.63. The van der Waals surface area contributed by atoms with Crippen LogP contribution in [-0.4, -0.2) is 105 Å². The molecule has 19 nitrogen and oxygen atoms in total. The van der Waals surface area contributed by atoms with Crippen molar-refractivity contribution in [2.24, 2.45) is 5.73 Å². The van der Waals surface area contributed by atoms with Gasteiger partial charge in [-0.2, -0.15) is 0 Å². The smallest absolute Gasteiger partial charge is 0.329 e. The number of nitrogens with two attached hydrogens (primary N) is 1. The van der Waals surface area contributed by atoms with Gasteiger partial charge in [0.2, 0.25) is 17.7 Å². The van der Waals surface area contributed by atoms with Gasteiger partial charge < -0.3 is 46.5 Å². The Labute approximate surface area is 380 Å². The molecule has 1 aromatic heterocycles. The van der Waals surface area contributed by atoms with E-state index in [0.29, 0.717) is 70.4 Å². The molecule has 0 radical (unpaired) electrons. The summed E-state index contributed by atoms with van der Waals surface area (Å²) in [7, 11) is 0. The SMILES string of the molecule is CC(C)(C)OC(=O)CC[C@H](NC(=O)N[C@@H](CCCCn1cc(CNC(=O)CCCCCNC(=O)CCCCCNC(=O)CCCCCN)nn1)C(=O)OC(C)(C)C)C(=O)OC(C)(C)C. The summed E-state index contributed by atoms with van der Waals surface area (Å²) >= 11 is 0. The van der Waals surface area contributed by atoms with E-state index in [-0.39, 0.29) is 43.5 Å². The van der Waals surface area contributed by atoms with Crippen LogP contribution < -0.4 is 32.3 Å². The van der Waals surface area contributed by atoms with Crippen molar-refractivity contribution < 1.29 is 47.8 Å². The van der Waals surface area contributed by atoms with Crippen molar-refractivity contribution >= 4 is 41.7 Å². The molecule has 0 aromatic carbocycles. The van der Waals surface area contributed by atoms with Gasteiger partial charge in [-0.3, -0.25) is 23.9 Å². The van der Waals surface area contributed by atoms with Crippen LogP contribution in [0, 0.1) is 0 Å². The highest BCUT2D eigenvalue weighted by Crippen LogP contribution is 2.15. The van der Waals surface area contributed by atoms with Crippen LogP contribution >= 0.6 is 0 Å². The highest BCUT2D eigenvalue weighted by Gasteiger charge is 2.31. The van der Waals surface area contributed by atoms with E-state index in [1.54, 1.807) is 73.2 Å². The summed E-state index contributed by atoms with van der Waals surface area (Å²) in [4.78, 5) is 88.2. The zero-order chi connectivity index (χ0) is 48.2. The summed E-state index contributed by atoms with van der Waals surface area (Å²) in [6, 6.07) is -3.03. The summed E-state index contributed by atoms with van der Waals surface area (Å²) in [5.74, 6) is -1.93. The molecule has 1 aromatic rings. The molecule has 0 aliphatic heterocycles. The molecule has 5 amide bonds. The Bertz CT molecular complexity index is 1580. The zero-order valence-corrected chi connectivity index (χ0v) is 40.3. The second-order valence-electron chi connectivity index (χ2n) is 19.1. The van der Waals surface area contributed by atoms with E-state index in [1.807, 2.05) is 0 Å². The van der Waals surface area contributed by atoms with Gasteiger partial charge in [-0.1, -0.05) is 24.5 Å². The number of urea groups is 1. The minimum atomic E-state index is -1.19. The molecule has 64 heavy (non-hydrogen) atoms. The van der Waals surface area contributed by atoms with Gasteiger partial charge in [0.05, 0.1) is 12.7 Å². The molecular formula is C45H81N9O10. The number of ether oxygens (including phenoxy) is 3. The third-order valence-electron chi connectivity index (χ3n) is 9.15. The molecule has 0 spiro atoms. The number of rotatable bonds is 31. The standard InChI is InChI=1S/C45H81N9O10/c1-43(2,3)62-39(58)26-25-35(41(60)64-45(7,8)9)51-42(61)50-34(40(59)63-44(4,5)6)21-16-20-30-54-32-33(52-53-54)31-49-38(57)24-15-12-19-29-48-37(56)23-14-11-18-28-47-36(55)22-13-10-17-27-46/h32,34-35H,10-31,46H2,1-9H3,(H,47,55)(H,48,56)(H,49,57)(H2,50,51,61)/t34-,35-/m0/s1. The van der Waals surface area contributed by atoms with E-state index in [2.05, 4.69) is 36.9 Å². The van der Waals surface area contributed by atoms with Gasteiger partial charge in [0, 0.05) is 45.3 Å². The van der Waals surface area contributed by atoms with Crippen molar-refractivity contribution in [2.75, 3.05) is 19.6 Å². The second-order valence-corrected chi connectivity index (χ2v) is 19.1. The maximum absolute atomic E-state index is 13.2. The van der Waals surface area contributed by atoms with Gasteiger partial charge in [-0.15, -0.1) is 5.10 Å². The summed E-state index contributed by atoms with van der Waals surface area (Å²) in [5.41, 5.74) is 3.67. The normalized spacial score (nSPS) is 12.7. The molecule has 1 heterocycles. The Balaban J connectivity index is 2.45. The number of esters is 3. The van der Waals surface area contributed by atoms with Crippen molar-refractivity contribution in [3.8, 4) is 0 Å². The minimum Gasteiger partial charge on any atom is -0.460 e. The monoisotopic (exact) mass is 908 g/mol. The topological polar surface area (TPSA) is 264 Å². The first-order valence-electron chi connectivity index (χ1n) is 23.1. The van der Waals surface area contributed by atoms with E-state index >= 15 is 0 Å². The highest BCUT2D eigenvalue weighted by atomic mass is 16.6. The molecule has 0 aliphatic carbocycles. The van der Waals surface area contributed by atoms with Gasteiger partial charge in [0.25, 0.3) is 0 Å². The van der Waals surface area contributed by atoms with Crippen molar-refractivity contribution in [1.29, 1.82) is 0 Å². The van der Waals surface area contributed by atoms with E-state index in [9.17, 15) is 33.6 Å². The Morgan fingerprint density at radius 2 is 1.05 bits per heavy atom. The van der Waals surface area contributed by atoms with Gasteiger partial charge in [0.1, 0.15) is 34.6 Å². The number of amides is 5. The average molecular weight is 908 g/mol. The number of hydrogen-bond donors (Lipinski definition) is 6. The van der Waals surface area contributed by atoms with Crippen LogP contribution in [0.25, 0.3) is 0 Å². The first-order chi connectivity index (χ1) is 30.0. The van der Waals surface area contributed by atoms with Crippen LogP contribution in [-0.2, 0) is 56.1 Å². The van der Waals surface area contributed by atoms with Crippen LogP contribution in [0.15, 0.2) is 6.20 Å². The molecule has 19 heteroatoms. The lowest BCUT2D eigenvalue weighted by Gasteiger charge is -2.27. The number of hydrogen-bond acceptors (Lipinski definition) is 13. The predicted molar refractivity (Wildman–Crippen MR) is 242 cm³/mol. The van der Waals surface area contributed by atoms with Crippen LogP contribution in [0.5, 0.6) is 0 Å². The third-order valence-corrected chi connectivity index (χ3v) is 9.15. The Morgan fingerprint density at radius 3 is 1.53 bits per heavy atom. The predicted octanol–water partition coefficient (Wildman–Crippen LogP) is 4.78. The van der Waals surface area contributed by atoms with Gasteiger partial charge >= 0.3 is 23.9 Å². The Hall–Kier alpha value is -4.81. The van der Waals surface area contributed by atoms with E-state index < -0.39 is 52.8 Å². The van der Waals surface area contributed by atoms with Crippen LogP contribution in [0.2, 0.25) is 0 Å². The zero-order valence-electron chi connectivity index (χ0n) is 40.3. The van der Waals surface area contributed by atoms with Crippen molar-refractivity contribution in [3.05, 3.63) is 11.9 Å². The summed E-state index contributed by atoms with van der Waals surface area (Å²) in [5, 5.41) is 22.2. The van der Waals surface area contributed by atoms with E-state index in [1.165, 1.54) is 0 Å². The van der Waals surface area contributed by atoms with Gasteiger partial charge in [0.15, 0.2) is 0 Å². The molecule has 0 saturated heterocycles.